The zero-order valence-electron chi connectivity index (χ0n) is 17.4. The third kappa shape index (κ3) is 4.13. The Morgan fingerprint density at radius 2 is 1.83 bits per heavy atom. The molecule has 152 valence electrons. The summed E-state index contributed by atoms with van der Waals surface area (Å²) in [4.78, 5) is 29.0. The summed E-state index contributed by atoms with van der Waals surface area (Å²) < 4.78 is 6.73. The fourth-order valence-corrected chi connectivity index (χ4v) is 3.45. The maximum atomic E-state index is 12.5. The van der Waals surface area contributed by atoms with Crippen molar-refractivity contribution in [3.05, 3.63) is 53.0 Å². The van der Waals surface area contributed by atoms with Gasteiger partial charge in [0.1, 0.15) is 6.04 Å². The lowest BCUT2D eigenvalue weighted by Gasteiger charge is -2.15. The molecule has 1 N–H and O–H groups in total. The minimum Gasteiger partial charge on any atom is -0.464 e. The van der Waals surface area contributed by atoms with Crippen molar-refractivity contribution in [3.8, 4) is 11.1 Å². The molecule has 0 spiro atoms. The molecule has 3 aromatic rings. The van der Waals surface area contributed by atoms with E-state index in [-0.39, 0.29) is 18.9 Å². The summed E-state index contributed by atoms with van der Waals surface area (Å²) in [5.41, 5.74) is 6.12. The van der Waals surface area contributed by atoms with Crippen LogP contribution in [0.4, 0.5) is 0 Å². The molecule has 0 aliphatic carbocycles. The van der Waals surface area contributed by atoms with Gasteiger partial charge in [-0.3, -0.25) is 4.79 Å². The van der Waals surface area contributed by atoms with Gasteiger partial charge in [0.05, 0.1) is 18.7 Å². The van der Waals surface area contributed by atoms with E-state index in [1.54, 1.807) is 18.4 Å². The van der Waals surface area contributed by atoms with Crippen molar-refractivity contribution in [1.29, 1.82) is 0 Å². The van der Waals surface area contributed by atoms with Crippen molar-refractivity contribution < 1.29 is 14.3 Å². The topological polar surface area (TPSA) is 85.6 Å². The highest BCUT2D eigenvalue weighted by atomic mass is 16.5. The van der Waals surface area contributed by atoms with E-state index in [2.05, 4.69) is 10.4 Å². The molecule has 3 rings (SSSR count). The highest BCUT2D eigenvalue weighted by Gasteiger charge is 2.21. The quantitative estimate of drug-likeness (QED) is 0.650. The number of amides is 1. The van der Waals surface area contributed by atoms with Gasteiger partial charge in [-0.15, -0.1) is 0 Å². The number of rotatable bonds is 6. The number of fused-ring (bicyclic) bond motifs is 1. The number of aromatic nitrogens is 3. The van der Waals surface area contributed by atoms with Crippen LogP contribution in [-0.4, -0.2) is 39.1 Å². The van der Waals surface area contributed by atoms with Gasteiger partial charge in [-0.2, -0.15) is 5.10 Å². The van der Waals surface area contributed by atoms with E-state index < -0.39 is 12.0 Å². The first-order valence-electron chi connectivity index (χ1n) is 9.70. The van der Waals surface area contributed by atoms with Crippen molar-refractivity contribution >= 4 is 17.5 Å². The summed E-state index contributed by atoms with van der Waals surface area (Å²) in [6.45, 7) is 9.40. The summed E-state index contributed by atoms with van der Waals surface area (Å²) in [6.07, 6.45) is 0.115. The number of nitrogens with zero attached hydrogens (tertiary/aromatic N) is 3. The van der Waals surface area contributed by atoms with Crippen molar-refractivity contribution in [2.75, 3.05) is 6.61 Å². The molecule has 29 heavy (non-hydrogen) atoms. The van der Waals surface area contributed by atoms with Crippen LogP contribution < -0.4 is 5.32 Å². The number of esters is 1. The Morgan fingerprint density at radius 1 is 1.14 bits per heavy atom. The van der Waals surface area contributed by atoms with Crippen LogP contribution in [0.2, 0.25) is 0 Å². The van der Waals surface area contributed by atoms with Gasteiger partial charge in [0.25, 0.3) is 0 Å². The second-order valence-corrected chi connectivity index (χ2v) is 7.04. The van der Waals surface area contributed by atoms with E-state index in [9.17, 15) is 9.59 Å². The van der Waals surface area contributed by atoms with Gasteiger partial charge in [-0.1, -0.05) is 30.3 Å². The van der Waals surface area contributed by atoms with E-state index in [4.69, 9.17) is 9.72 Å². The lowest BCUT2D eigenvalue weighted by molar-refractivity contribution is -0.146. The van der Waals surface area contributed by atoms with Crippen LogP contribution in [0.3, 0.4) is 0 Å². The third-order valence-electron chi connectivity index (χ3n) is 4.92. The smallest absolute Gasteiger partial charge is 0.328 e. The van der Waals surface area contributed by atoms with Crippen LogP contribution in [0.25, 0.3) is 16.8 Å². The summed E-state index contributed by atoms with van der Waals surface area (Å²) >= 11 is 0. The van der Waals surface area contributed by atoms with Crippen LogP contribution in [-0.2, 0) is 20.7 Å². The van der Waals surface area contributed by atoms with E-state index in [1.165, 1.54) is 0 Å². The van der Waals surface area contributed by atoms with Crippen LogP contribution >= 0.6 is 0 Å². The Kier molecular flexibility index (Phi) is 5.96. The molecule has 0 aliphatic heterocycles. The second kappa shape index (κ2) is 8.43. The minimum absolute atomic E-state index is 0.115. The van der Waals surface area contributed by atoms with Gasteiger partial charge in [-0.25, -0.2) is 14.3 Å². The summed E-state index contributed by atoms with van der Waals surface area (Å²) in [5, 5.41) is 7.35. The van der Waals surface area contributed by atoms with Crippen LogP contribution in [0.15, 0.2) is 30.3 Å². The SMILES string of the molecule is CCOC(=O)C(C)NC(=O)Cc1c(C)nc2c(-c3ccccc3)c(C)nn2c1C. The molecular weight excluding hydrogens is 368 g/mol. The third-order valence-corrected chi connectivity index (χ3v) is 4.92. The Bertz CT molecular complexity index is 1060. The predicted octanol–water partition coefficient (Wildman–Crippen LogP) is 2.93. The van der Waals surface area contributed by atoms with Crippen molar-refractivity contribution in [1.82, 2.24) is 19.9 Å². The molecule has 0 fully saturated rings. The lowest BCUT2D eigenvalue weighted by Crippen LogP contribution is -2.40. The van der Waals surface area contributed by atoms with Crippen molar-refractivity contribution in [3.63, 3.8) is 0 Å². The lowest BCUT2D eigenvalue weighted by atomic mass is 10.1. The Labute approximate surface area is 170 Å². The maximum absolute atomic E-state index is 12.5. The average Bonchev–Trinajstić information content (AvgIpc) is 3.02. The fourth-order valence-electron chi connectivity index (χ4n) is 3.45. The van der Waals surface area contributed by atoms with Crippen molar-refractivity contribution in [2.24, 2.45) is 0 Å². The van der Waals surface area contributed by atoms with Gasteiger partial charge in [0.2, 0.25) is 5.91 Å². The zero-order chi connectivity index (χ0) is 21.1. The van der Waals surface area contributed by atoms with E-state index in [1.807, 2.05) is 51.1 Å². The van der Waals surface area contributed by atoms with E-state index in [0.29, 0.717) is 0 Å². The number of hydrogen-bond donors (Lipinski definition) is 1. The average molecular weight is 394 g/mol. The van der Waals surface area contributed by atoms with Crippen LogP contribution in [0, 0.1) is 20.8 Å². The standard InChI is InChI=1S/C22H26N4O3/c1-6-29-22(28)15(4)23-19(27)12-18-13(2)24-21-20(17-10-8-7-9-11-17)14(3)25-26(21)16(18)5/h7-11,15H,6,12H2,1-5H3,(H,23,27). The normalized spacial score (nSPS) is 12.0. The Balaban J connectivity index is 1.93. The zero-order valence-corrected chi connectivity index (χ0v) is 17.4. The number of ether oxygens (including phenoxy) is 1. The van der Waals surface area contributed by atoms with Crippen molar-refractivity contribution in [2.45, 2.75) is 47.1 Å². The molecule has 7 nitrogen and oxygen atoms in total. The number of carbonyl (C=O) groups is 2. The number of benzene rings is 1. The molecule has 0 saturated heterocycles. The largest absolute Gasteiger partial charge is 0.464 e. The molecule has 7 heteroatoms. The van der Waals surface area contributed by atoms with Gasteiger partial charge in [0.15, 0.2) is 5.65 Å². The molecule has 0 radical (unpaired) electrons. The van der Waals surface area contributed by atoms with Gasteiger partial charge in [-0.05, 0) is 40.2 Å². The van der Waals surface area contributed by atoms with E-state index >= 15 is 0 Å². The highest BCUT2D eigenvalue weighted by molar-refractivity contribution is 5.86. The summed E-state index contributed by atoms with van der Waals surface area (Å²) in [7, 11) is 0. The first-order valence-corrected chi connectivity index (χ1v) is 9.70. The van der Waals surface area contributed by atoms with Crippen LogP contribution in [0.5, 0.6) is 0 Å². The minimum atomic E-state index is -0.698. The molecule has 0 bridgehead atoms. The van der Waals surface area contributed by atoms with Gasteiger partial charge in [0, 0.05) is 22.5 Å². The molecule has 2 aromatic heterocycles. The molecular formula is C22H26N4O3. The second-order valence-electron chi connectivity index (χ2n) is 7.04. The van der Waals surface area contributed by atoms with Gasteiger partial charge >= 0.3 is 5.97 Å². The Hall–Kier alpha value is -3.22. The molecule has 0 saturated carbocycles. The highest BCUT2D eigenvalue weighted by Crippen LogP contribution is 2.29. The fraction of sp³-hybridized carbons (Fsp3) is 0.364. The number of nitrogens with one attached hydrogen (secondary N) is 1. The summed E-state index contributed by atoms with van der Waals surface area (Å²) in [5.74, 6) is -0.705. The molecule has 1 amide bonds. The Morgan fingerprint density at radius 3 is 2.48 bits per heavy atom. The predicted molar refractivity (Wildman–Crippen MR) is 111 cm³/mol. The monoisotopic (exact) mass is 394 g/mol. The molecule has 1 atom stereocenters. The number of aryl methyl sites for hydroxylation is 3. The van der Waals surface area contributed by atoms with Crippen LogP contribution in [0.1, 0.15) is 36.5 Å². The number of hydrogen-bond acceptors (Lipinski definition) is 5. The molecule has 2 heterocycles. The molecule has 1 aromatic carbocycles. The summed E-state index contributed by atoms with van der Waals surface area (Å²) in [6, 6.07) is 9.32. The van der Waals surface area contributed by atoms with E-state index in [0.717, 1.165) is 39.4 Å². The molecule has 1 unspecified atom stereocenters. The number of carbonyl (C=O) groups excluding carboxylic acids is 2. The van der Waals surface area contributed by atoms with Gasteiger partial charge < -0.3 is 10.1 Å². The first-order chi connectivity index (χ1) is 13.8. The first kappa shape index (κ1) is 20.5. The molecule has 0 aliphatic rings. The maximum Gasteiger partial charge on any atom is 0.328 e.